The first-order chi connectivity index (χ1) is 11.8. The zero-order chi connectivity index (χ0) is 16.4. The topological polar surface area (TPSA) is 62.5 Å². The number of amides is 1. The Bertz CT molecular complexity index is 713. The zero-order valence-electron chi connectivity index (χ0n) is 13.4. The Kier molecular flexibility index (Phi) is 4.44. The van der Waals surface area contributed by atoms with Gasteiger partial charge in [0.1, 0.15) is 0 Å². The number of thiophene rings is 1. The molecule has 7 heteroatoms. The average Bonchev–Trinajstić information content (AvgIpc) is 3.13. The summed E-state index contributed by atoms with van der Waals surface area (Å²) in [4.78, 5) is 20.9. The van der Waals surface area contributed by atoms with Crippen LogP contribution in [0, 0.1) is 0 Å². The molecule has 2 aromatic heterocycles. The quantitative estimate of drug-likeness (QED) is 0.779. The lowest BCUT2D eigenvalue weighted by Gasteiger charge is -2.33. The number of rotatable bonds is 5. The molecule has 0 unspecified atom stereocenters. The highest BCUT2D eigenvalue weighted by molar-refractivity contribution is 7.08. The number of aromatic nitrogens is 2. The molecule has 1 saturated carbocycles. The summed E-state index contributed by atoms with van der Waals surface area (Å²) in [6.07, 6.45) is 5.88. The van der Waals surface area contributed by atoms with E-state index in [0.29, 0.717) is 12.5 Å². The van der Waals surface area contributed by atoms with E-state index < -0.39 is 0 Å². The Morgan fingerprint density at radius 3 is 2.88 bits per heavy atom. The molecule has 0 atom stereocenters. The van der Waals surface area contributed by atoms with Crippen LogP contribution < -0.4 is 0 Å². The van der Waals surface area contributed by atoms with E-state index in [1.165, 1.54) is 12.8 Å². The zero-order valence-corrected chi connectivity index (χ0v) is 14.2. The van der Waals surface area contributed by atoms with Crippen molar-refractivity contribution in [1.29, 1.82) is 0 Å². The van der Waals surface area contributed by atoms with Crippen molar-refractivity contribution in [3.05, 3.63) is 40.2 Å². The minimum Gasteiger partial charge on any atom is -0.339 e. The molecule has 1 aliphatic carbocycles. The van der Waals surface area contributed by atoms with Crippen LogP contribution in [0.3, 0.4) is 0 Å². The number of hydrogen-bond donors (Lipinski definition) is 0. The molecule has 1 aliphatic heterocycles. The molecule has 6 nitrogen and oxygen atoms in total. The Hall–Kier alpha value is -1.99. The predicted octanol–water partition coefficient (Wildman–Crippen LogP) is 2.37. The van der Waals surface area contributed by atoms with Gasteiger partial charge in [0.15, 0.2) is 5.82 Å². The third-order valence-electron chi connectivity index (χ3n) is 4.42. The molecule has 24 heavy (non-hydrogen) atoms. The van der Waals surface area contributed by atoms with E-state index >= 15 is 0 Å². The molecular formula is C17H20N4O2S. The first kappa shape index (κ1) is 15.5. The van der Waals surface area contributed by atoms with Gasteiger partial charge in [-0.3, -0.25) is 9.69 Å². The third kappa shape index (κ3) is 3.73. The highest BCUT2D eigenvalue weighted by Gasteiger charge is 2.30. The first-order valence-electron chi connectivity index (χ1n) is 8.32. The number of nitrogens with zero attached hydrogens (tertiary/aromatic N) is 4. The summed E-state index contributed by atoms with van der Waals surface area (Å²) >= 11 is 1.63. The summed E-state index contributed by atoms with van der Waals surface area (Å²) in [5.41, 5.74) is 1.08. The molecule has 0 bridgehead atoms. The molecule has 3 heterocycles. The second kappa shape index (κ2) is 6.86. The number of carbonyl (C=O) groups is 1. The molecular weight excluding hydrogens is 324 g/mol. The minimum absolute atomic E-state index is 0.0800. The van der Waals surface area contributed by atoms with Crippen LogP contribution in [0.15, 0.2) is 27.4 Å². The van der Waals surface area contributed by atoms with Crippen molar-refractivity contribution in [2.24, 2.45) is 0 Å². The molecule has 1 amide bonds. The van der Waals surface area contributed by atoms with E-state index in [4.69, 9.17) is 4.52 Å². The number of carbonyl (C=O) groups excluding carboxylic acids is 1. The van der Waals surface area contributed by atoms with Crippen LogP contribution in [0.4, 0.5) is 0 Å². The maximum absolute atomic E-state index is 12.2. The van der Waals surface area contributed by atoms with Crippen LogP contribution in [0.2, 0.25) is 0 Å². The molecule has 2 fully saturated rings. The van der Waals surface area contributed by atoms with E-state index in [9.17, 15) is 4.79 Å². The summed E-state index contributed by atoms with van der Waals surface area (Å²) in [5, 5.41) is 8.10. The van der Waals surface area contributed by atoms with Gasteiger partial charge in [0.2, 0.25) is 11.8 Å². The van der Waals surface area contributed by atoms with E-state index in [1.54, 1.807) is 17.4 Å². The van der Waals surface area contributed by atoms with Crippen molar-refractivity contribution >= 4 is 23.3 Å². The summed E-state index contributed by atoms with van der Waals surface area (Å²) < 4.78 is 5.30. The van der Waals surface area contributed by atoms with Crippen molar-refractivity contribution in [3.8, 4) is 0 Å². The van der Waals surface area contributed by atoms with Gasteiger partial charge >= 0.3 is 0 Å². The molecule has 2 aromatic rings. The standard InChI is InChI=1S/C17H20N4O2S/c22-16(4-1-13-5-10-24-12-13)21-8-6-20(7-9-21)11-15-18-17(23-19-15)14-2-3-14/h1,4-5,10,12,14H,2-3,6-9,11H2. The maximum atomic E-state index is 12.2. The molecule has 126 valence electrons. The van der Waals surface area contributed by atoms with Gasteiger partial charge in [-0.1, -0.05) is 5.16 Å². The van der Waals surface area contributed by atoms with Crippen molar-refractivity contribution in [3.63, 3.8) is 0 Å². The fourth-order valence-corrected chi connectivity index (χ4v) is 3.43. The summed E-state index contributed by atoms with van der Waals surface area (Å²) in [6.45, 7) is 3.85. The van der Waals surface area contributed by atoms with Crippen molar-refractivity contribution in [2.45, 2.75) is 25.3 Å². The molecule has 2 aliphatic rings. The van der Waals surface area contributed by atoms with Gasteiger partial charge in [-0.25, -0.2) is 0 Å². The minimum atomic E-state index is 0.0800. The van der Waals surface area contributed by atoms with Gasteiger partial charge in [0.25, 0.3) is 0 Å². The molecule has 1 saturated heterocycles. The van der Waals surface area contributed by atoms with Crippen LogP contribution in [-0.4, -0.2) is 52.0 Å². The largest absolute Gasteiger partial charge is 0.339 e. The molecule has 0 aromatic carbocycles. The fourth-order valence-electron chi connectivity index (χ4n) is 2.80. The lowest BCUT2D eigenvalue weighted by molar-refractivity contribution is -0.127. The van der Waals surface area contributed by atoms with E-state index in [0.717, 1.165) is 43.5 Å². The van der Waals surface area contributed by atoms with Crippen LogP contribution in [0.5, 0.6) is 0 Å². The Morgan fingerprint density at radius 1 is 1.33 bits per heavy atom. The van der Waals surface area contributed by atoms with Crippen molar-refractivity contribution < 1.29 is 9.32 Å². The maximum Gasteiger partial charge on any atom is 0.246 e. The van der Waals surface area contributed by atoms with Crippen LogP contribution >= 0.6 is 11.3 Å². The van der Waals surface area contributed by atoms with Crippen LogP contribution in [0.25, 0.3) is 6.08 Å². The smallest absolute Gasteiger partial charge is 0.246 e. The highest BCUT2D eigenvalue weighted by atomic mass is 32.1. The first-order valence-corrected chi connectivity index (χ1v) is 9.26. The Labute approximate surface area is 144 Å². The second-order valence-electron chi connectivity index (χ2n) is 6.31. The summed E-state index contributed by atoms with van der Waals surface area (Å²) in [6, 6.07) is 2.01. The Balaban J connectivity index is 1.25. The number of hydrogen-bond acceptors (Lipinski definition) is 6. The van der Waals surface area contributed by atoms with Crippen LogP contribution in [0.1, 0.15) is 36.0 Å². The average molecular weight is 344 g/mol. The van der Waals surface area contributed by atoms with Gasteiger partial charge in [-0.05, 0) is 41.3 Å². The van der Waals surface area contributed by atoms with E-state index in [-0.39, 0.29) is 5.91 Å². The normalized spacial score (nSPS) is 19.2. The fraction of sp³-hybridized carbons (Fsp3) is 0.471. The molecule has 0 spiro atoms. The lowest BCUT2D eigenvalue weighted by atomic mass is 10.2. The highest BCUT2D eigenvalue weighted by Crippen LogP contribution is 2.38. The van der Waals surface area contributed by atoms with Gasteiger partial charge in [-0.2, -0.15) is 16.3 Å². The van der Waals surface area contributed by atoms with E-state index in [2.05, 4.69) is 15.0 Å². The summed E-state index contributed by atoms with van der Waals surface area (Å²) in [5.74, 6) is 2.12. The molecule has 0 N–H and O–H groups in total. The van der Waals surface area contributed by atoms with E-state index in [1.807, 2.05) is 27.8 Å². The molecule has 4 rings (SSSR count). The third-order valence-corrected chi connectivity index (χ3v) is 5.12. The van der Waals surface area contributed by atoms with Gasteiger partial charge in [0, 0.05) is 38.2 Å². The predicted molar refractivity (Wildman–Crippen MR) is 91.5 cm³/mol. The van der Waals surface area contributed by atoms with Crippen LogP contribution in [-0.2, 0) is 11.3 Å². The number of piperazine rings is 1. The molecule has 0 radical (unpaired) electrons. The SMILES string of the molecule is O=C(C=Cc1ccsc1)N1CCN(Cc2noc(C3CC3)n2)CC1. The van der Waals surface area contributed by atoms with Gasteiger partial charge < -0.3 is 9.42 Å². The Morgan fingerprint density at radius 2 is 2.17 bits per heavy atom. The van der Waals surface area contributed by atoms with Gasteiger partial charge in [-0.15, -0.1) is 0 Å². The van der Waals surface area contributed by atoms with Gasteiger partial charge in [0.05, 0.1) is 6.54 Å². The van der Waals surface area contributed by atoms with Crippen molar-refractivity contribution in [2.75, 3.05) is 26.2 Å². The monoisotopic (exact) mass is 344 g/mol. The summed E-state index contributed by atoms with van der Waals surface area (Å²) in [7, 11) is 0. The second-order valence-corrected chi connectivity index (χ2v) is 7.09. The van der Waals surface area contributed by atoms with Crippen molar-refractivity contribution in [1.82, 2.24) is 19.9 Å². The lowest BCUT2D eigenvalue weighted by Crippen LogP contribution is -2.47.